The molecule has 0 fully saturated rings. The molecule has 4 aromatic rings. The molecule has 5 rings (SSSR count). The SMILES string of the molecule is C=C[C@@H](O[P@@](=O)(N[C@@H](C)C(=O)OCc1ccccc1)Oc1cccc2ccccc12)C1=C(O)C[C@H](n2cc(F)c(=O)[nH]c2=O)O1. The second-order valence-corrected chi connectivity index (χ2v) is 11.6. The van der Waals surface area contributed by atoms with E-state index in [4.69, 9.17) is 18.5 Å². The molecule has 234 valence electrons. The Kier molecular flexibility index (Phi) is 9.33. The zero-order valence-electron chi connectivity index (χ0n) is 23.9. The third kappa shape index (κ3) is 7.23. The van der Waals surface area contributed by atoms with Gasteiger partial charge in [-0.1, -0.05) is 72.8 Å². The average Bonchev–Trinajstić information content (AvgIpc) is 3.42. The van der Waals surface area contributed by atoms with E-state index in [2.05, 4.69) is 11.7 Å². The van der Waals surface area contributed by atoms with Gasteiger partial charge >= 0.3 is 19.4 Å². The molecule has 1 aliphatic heterocycles. The molecule has 3 aromatic carbocycles. The fourth-order valence-corrected chi connectivity index (χ4v) is 6.19. The van der Waals surface area contributed by atoms with E-state index < -0.39 is 54.9 Å². The minimum absolute atomic E-state index is 0.0307. The van der Waals surface area contributed by atoms with Gasteiger partial charge in [0.1, 0.15) is 30.3 Å². The van der Waals surface area contributed by atoms with Crippen LogP contribution < -0.4 is 20.9 Å². The Morgan fingerprint density at radius 3 is 2.64 bits per heavy atom. The summed E-state index contributed by atoms with van der Waals surface area (Å²) in [7, 11) is -4.54. The molecular weight excluding hydrogens is 608 g/mol. The van der Waals surface area contributed by atoms with Crippen LogP contribution in [0.1, 0.15) is 25.1 Å². The molecular formula is C31H29FN3O9P. The predicted molar refractivity (Wildman–Crippen MR) is 162 cm³/mol. The molecule has 0 saturated heterocycles. The molecule has 4 atom stereocenters. The molecule has 45 heavy (non-hydrogen) atoms. The number of H-pyrrole nitrogens is 1. The van der Waals surface area contributed by atoms with Crippen molar-refractivity contribution >= 4 is 24.5 Å². The largest absolute Gasteiger partial charge is 0.508 e. The maximum Gasteiger partial charge on any atom is 0.460 e. The Bertz CT molecular complexity index is 1920. The molecule has 0 unspecified atom stereocenters. The summed E-state index contributed by atoms with van der Waals surface area (Å²) >= 11 is 0. The number of hydrogen-bond donors (Lipinski definition) is 3. The monoisotopic (exact) mass is 637 g/mol. The van der Waals surface area contributed by atoms with Crippen molar-refractivity contribution in [2.75, 3.05) is 0 Å². The van der Waals surface area contributed by atoms with Crippen molar-refractivity contribution in [1.82, 2.24) is 14.6 Å². The molecule has 0 amide bonds. The summed E-state index contributed by atoms with van der Waals surface area (Å²) < 4.78 is 52.0. The van der Waals surface area contributed by atoms with Gasteiger partial charge in [-0.15, -0.1) is 6.58 Å². The topological polar surface area (TPSA) is 158 Å². The maximum absolute atomic E-state index is 14.4. The lowest BCUT2D eigenvalue weighted by atomic mass is 10.1. The lowest BCUT2D eigenvalue weighted by Crippen LogP contribution is -2.36. The van der Waals surface area contributed by atoms with Crippen LogP contribution in [0.3, 0.4) is 0 Å². The molecule has 0 spiro atoms. The summed E-state index contributed by atoms with van der Waals surface area (Å²) in [5, 5.41) is 14.7. The van der Waals surface area contributed by atoms with Gasteiger partial charge in [-0.05, 0) is 23.9 Å². The lowest BCUT2D eigenvalue weighted by molar-refractivity contribution is -0.146. The number of esters is 1. The normalized spacial score (nSPS) is 17.2. The molecule has 0 aliphatic carbocycles. The molecule has 3 N–H and O–H groups in total. The van der Waals surface area contributed by atoms with E-state index in [1.54, 1.807) is 48.5 Å². The molecule has 1 aliphatic rings. The fourth-order valence-electron chi connectivity index (χ4n) is 4.56. The molecule has 12 nitrogen and oxygen atoms in total. The molecule has 14 heteroatoms. The summed E-state index contributed by atoms with van der Waals surface area (Å²) in [5.41, 5.74) is -1.45. The third-order valence-corrected chi connectivity index (χ3v) is 8.42. The molecule has 0 saturated carbocycles. The van der Waals surface area contributed by atoms with Crippen molar-refractivity contribution in [3.63, 3.8) is 0 Å². The van der Waals surface area contributed by atoms with Gasteiger partial charge in [0, 0.05) is 5.39 Å². The first-order chi connectivity index (χ1) is 21.6. The van der Waals surface area contributed by atoms with Crippen LogP contribution in [0.4, 0.5) is 4.39 Å². The Morgan fingerprint density at radius 2 is 1.89 bits per heavy atom. The van der Waals surface area contributed by atoms with Crippen molar-refractivity contribution in [1.29, 1.82) is 0 Å². The second-order valence-electron chi connectivity index (χ2n) is 10.0. The van der Waals surface area contributed by atoms with Crippen LogP contribution in [0.5, 0.6) is 5.75 Å². The number of nitrogens with one attached hydrogen (secondary N) is 2. The number of carbonyl (C=O) groups excluding carboxylic acids is 1. The highest BCUT2D eigenvalue weighted by Gasteiger charge is 2.40. The Morgan fingerprint density at radius 1 is 1.18 bits per heavy atom. The average molecular weight is 638 g/mol. The maximum atomic E-state index is 14.4. The number of rotatable bonds is 12. The van der Waals surface area contributed by atoms with E-state index in [9.17, 15) is 28.4 Å². The Hall–Kier alpha value is -4.97. The van der Waals surface area contributed by atoms with E-state index in [0.29, 0.717) is 11.6 Å². The molecule has 0 radical (unpaired) electrons. The van der Waals surface area contributed by atoms with E-state index in [0.717, 1.165) is 21.6 Å². The van der Waals surface area contributed by atoms with Crippen molar-refractivity contribution in [2.45, 2.75) is 38.3 Å². The van der Waals surface area contributed by atoms with Crippen molar-refractivity contribution < 1.29 is 37.4 Å². The van der Waals surface area contributed by atoms with Crippen molar-refractivity contribution in [3.8, 4) is 5.75 Å². The number of nitrogens with zero attached hydrogens (tertiary/aromatic N) is 1. The summed E-state index contributed by atoms with van der Waals surface area (Å²) in [6.45, 7) is 5.06. The highest BCUT2D eigenvalue weighted by Crippen LogP contribution is 2.50. The zero-order chi connectivity index (χ0) is 32.1. The third-order valence-electron chi connectivity index (χ3n) is 6.77. The molecule has 0 bridgehead atoms. The summed E-state index contributed by atoms with van der Waals surface area (Å²) in [6.07, 6.45) is -1.24. The van der Waals surface area contributed by atoms with Gasteiger partial charge in [-0.2, -0.15) is 9.48 Å². The first-order valence-corrected chi connectivity index (χ1v) is 15.3. The van der Waals surface area contributed by atoms with Crippen LogP contribution in [0.25, 0.3) is 10.8 Å². The Labute approximate surface area is 255 Å². The van der Waals surface area contributed by atoms with E-state index in [1.165, 1.54) is 6.92 Å². The number of aliphatic hydroxyl groups is 1. The highest BCUT2D eigenvalue weighted by atomic mass is 31.2. The summed E-state index contributed by atoms with van der Waals surface area (Å²) in [5.74, 6) is -2.55. The number of aromatic nitrogens is 2. The molecule has 1 aromatic heterocycles. The number of benzene rings is 3. The number of halogens is 1. The van der Waals surface area contributed by atoms with Crippen LogP contribution in [0.15, 0.2) is 113 Å². The first kappa shape index (κ1) is 31.5. The van der Waals surface area contributed by atoms with Gasteiger partial charge in [0.05, 0.1) is 12.6 Å². The second kappa shape index (κ2) is 13.3. The number of fused-ring (bicyclic) bond motifs is 1. The lowest BCUT2D eigenvalue weighted by Gasteiger charge is -2.27. The number of ether oxygens (including phenoxy) is 2. The van der Waals surface area contributed by atoms with Crippen LogP contribution in [-0.2, 0) is 30.0 Å². The minimum atomic E-state index is -4.54. The Balaban J connectivity index is 1.41. The van der Waals surface area contributed by atoms with Crippen molar-refractivity contribution in [3.05, 3.63) is 135 Å². The number of aromatic amines is 1. The van der Waals surface area contributed by atoms with Gasteiger partial charge in [0.2, 0.25) is 5.82 Å². The number of hydrogen-bond acceptors (Lipinski definition) is 9. The molecule has 2 heterocycles. The van der Waals surface area contributed by atoms with E-state index in [-0.39, 0.29) is 24.5 Å². The summed E-state index contributed by atoms with van der Waals surface area (Å²) in [4.78, 5) is 38.5. The zero-order valence-corrected chi connectivity index (χ0v) is 24.8. The van der Waals surface area contributed by atoms with Crippen LogP contribution in [-0.4, -0.2) is 32.8 Å². The fraction of sp³-hybridized carbons (Fsp3) is 0.194. The van der Waals surface area contributed by atoms with Crippen LogP contribution >= 0.6 is 7.75 Å². The van der Waals surface area contributed by atoms with Crippen LogP contribution in [0.2, 0.25) is 0 Å². The quantitative estimate of drug-likeness (QED) is 0.110. The van der Waals surface area contributed by atoms with Crippen molar-refractivity contribution in [2.24, 2.45) is 0 Å². The van der Waals surface area contributed by atoms with E-state index >= 15 is 0 Å². The van der Waals surface area contributed by atoms with Gasteiger partial charge in [0.15, 0.2) is 12.0 Å². The van der Waals surface area contributed by atoms with Gasteiger partial charge < -0.3 is 19.1 Å². The highest BCUT2D eigenvalue weighted by molar-refractivity contribution is 7.52. The number of carbonyl (C=O) groups is 1. The van der Waals surface area contributed by atoms with E-state index in [1.807, 2.05) is 29.2 Å². The van der Waals surface area contributed by atoms with Crippen LogP contribution in [0, 0.1) is 5.82 Å². The van der Waals surface area contributed by atoms with Gasteiger partial charge in [0.25, 0.3) is 5.56 Å². The minimum Gasteiger partial charge on any atom is -0.508 e. The summed E-state index contributed by atoms with van der Waals surface area (Å²) in [6, 6.07) is 20.0. The smallest absolute Gasteiger partial charge is 0.460 e. The number of aliphatic hydroxyl groups excluding tert-OH is 1. The van der Waals surface area contributed by atoms with Gasteiger partial charge in [-0.3, -0.25) is 23.7 Å². The standard InChI is InChI=1S/C31H29FN3O9P/c1-3-25(28-24(36)16-27(42-28)35-17-23(32)29(37)33-31(35)39)43-45(40,44-26-15-9-13-21-12-7-8-14-22(21)26)34-19(2)30(38)41-18-20-10-5-4-6-11-20/h3-15,17,19,25,27,36H,1,16,18H2,2H3,(H,34,40)(H,33,37,39)/t19-,25+,27+,45-/m0/s1. The predicted octanol–water partition coefficient (Wildman–Crippen LogP) is 5.00. The van der Waals surface area contributed by atoms with Gasteiger partial charge in [-0.25, -0.2) is 9.36 Å². The first-order valence-electron chi connectivity index (χ1n) is 13.7.